The lowest BCUT2D eigenvalue weighted by molar-refractivity contribution is -0.00293. The SMILES string of the molecule is CC1CCCCC1OCCNC(=O)c1cccc(NC(N)=O)c1. The fourth-order valence-corrected chi connectivity index (χ4v) is 2.89. The molecule has 23 heavy (non-hydrogen) atoms. The summed E-state index contributed by atoms with van der Waals surface area (Å²) in [5, 5.41) is 5.28. The van der Waals surface area contributed by atoms with E-state index < -0.39 is 6.03 Å². The lowest BCUT2D eigenvalue weighted by atomic mass is 9.88. The molecule has 6 heteroatoms. The molecule has 126 valence electrons. The largest absolute Gasteiger partial charge is 0.376 e. The summed E-state index contributed by atoms with van der Waals surface area (Å²) in [6.07, 6.45) is 5.14. The Morgan fingerprint density at radius 2 is 2.09 bits per heavy atom. The Morgan fingerprint density at radius 3 is 2.83 bits per heavy atom. The topological polar surface area (TPSA) is 93.4 Å². The van der Waals surface area contributed by atoms with E-state index >= 15 is 0 Å². The molecule has 0 aliphatic heterocycles. The number of carbonyl (C=O) groups excluding carboxylic acids is 2. The molecule has 1 fully saturated rings. The molecule has 2 unspecified atom stereocenters. The van der Waals surface area contributed by atoms with Gasteiger partial charge in [0.25, 0.3) is 5.91 Å². The summed E-state index contributed by atoms with van der Waals surface area (Å²) >= 11 is 0. The minimum atomic E-state index is -0.655. The van der Waals surface area contributed by atoms with Gasteiger partial charge in [-0.2, -0.15) is 0 Å². The van der Waals surface area contributed by atoms with Gasteiger partial charge in [-0.25, -0.2) is 4.79 Å². The third-order valence-electron chi connectivity index (χ3n) is 4.14. The predicted octanol–water partition coefficient (Wildman–Crippen LogP) is 2.50. The number of hydrogen-bond donors (Lipinski definition) is 3. The average molecular weight is 319 g/mol. The van der Waals surface area contributed by atoms with E-state index in [1.165, 1.54) is 19.3 Å². The molecule has 4 N–H and O–H groups in total. The number of rotatable bonds is 6. The van der Waals surface area contributed by atoms with Crippen LogP contribution in [0.4, 0.5) is 10.5 Å². The van der Waals surface area contributed by atoms with Crippen LogP contribution in [0.25, 0.3) is 0 Å². The number of urea groups is 1. The van der Waals surface area contributed by atoms with E-state index in [4.69, 9.17) is 10.5 Å². The number of primary amides is 1. The van der Waals surface area contributed by atoms with Crippen molar-refractivity contribution in [1.29, 1.82) is 0 Å². The molecule has 1 saturated carbocycles. The summed E-state index contributed by atoms with van der Waals surface area (Å²) in [6.45, 7) is 3.20. The zero-order chi connectivity index (χ0) is 16.7. The number of ether oxygens (including phenoxy) is 1. The molecule has 2 atom stereocenters. The van der Waals surface area contributed by atoms with Gasteiger partial charge in [0.05, 0.1) is 12.7 Å². The molecule has 0 bridgehead atoms. The molecule has 0 heterocycles. The maximum atomic E-state index is 12.1. The van der Waals surface area contributed by atoms with E-state index in [0.717, 1.165) is 6.42 Å². The van der Waals surface area contributed by atoms with E-state index in [1.54, 1.807) is 24.3 Å². The molecule has 2 rings (SSSR count). The van der Waals surface area contributed by atoms with Crippen LogP contribution < -0.4 is 16.4 Å². The molecular weight excluding hydrogens is 294 g/mol. The number of anilines is 1. The number of benzene rings is 1. The van der Waals surface area contributed by atoms with Gasteiger partial charge < -0.3 is 21.1 Å². The summed E-state index contributed by atoms with van der Waals surface area (Å²) in [4.78, 5) is 22.9. The van der Waals surface area contributed by atoms with Gasteiger partial charge in [0.1, 0.15) is 0 Å². The number of carbonyl (C=O) groups is 2. The van der Waals surface area contributed by atoms with Gasteiger partial charge in [-0.1, -0.05) is 25.8 Å². The fraction of sp³-hybridized carbons (Fsp3) is 0.529. The fourth-order valence-electron chi connectivity index (χ4n) is 2.89. The van der Waals surface area contributed by atoms with Crippen LogP contribution in [-0.4, -0.2) is 31.2 Å². The molecule has 1 aliphatic carbocycles. The van der Waals surface area contributed by atoms with Crippen molar-refractivity contribution in [3.8, 4) is 0 Å². The molecule has 0 aromatic heterocycles. The van der Waals surface area contributed by atoms with Gasteiger partial charge in [-0.15, -0.1) is 0 Å². The molecule has 0 spiro atoms. The summed E-state index contributed by atoms with van der Waals surface area (Å²) in [5.41, 5.74) is 6.04. The Bertz CT molecular complexity index is 548. The van der Waals surface area contributed by atoms with Crippen molar-refractivity contribution in [3.05, 3.63) is 29.8 Å². The normalized spacial score (nSPS) is 20.7. The number of amides is 3. The van der Waals surface area contributed by atoms with Gasteiger partial charge in [0.2, 0.25) is 0 Å². The van der Waals surface area contributed by atoms with Gasteiger partial charge in [-0.05, 0) is 37.0 Å². The number of nitrogens with one attached hydrogen (secondary N) is 2. The molecule has 6 nitrogen and oxygen atoms in total. The van der Waals surface area contributed by atoms with Crippen molar-refractivity contribution < 1.29 is 14.3 Å². The van der Waals surface area contributed by atoms with Gasteiger partial charge in [-0.3, -0.25) is 4.79 Å². The quantitative estimate of drug-likeness (QED) is 0.703. The smallest absolute Gasteiger partial charge is 0.316 e. The molecule has 1 aromatic rings. The van der Waals surface area contributed by atoms with Crippen LogP contribution in [0.15, 0.2) is 24.3 Å². The predicted molar refractivity (Wildman–Crippen MR) is 89.4 cm³/mol. The second-order valence-electron chi connectivity index (χ2n) is 6.00. The first-order valence-electron chi connectivity index (χ1n) is 8.12. The molecule has 1 aromatic carbocycles. The first-order valence-corrected chi connectivity index (χ1v) is 8.12. The Morgan fingerprint density at radius 1 is 1.30 bits per heavy atom. The maximum Gasteiger partial charge on any atom is 0.316 e. The Hall–Kier alpha value is -2.08. The monoisotopic (exact) mass is 319 g/mol. The Kier molecular flexibility index (Phi) is 6.40. The average Bonchev–Trinajstić information content (AvgIpc) is 2.52. The van der Waals surface area contributed by atoms with Crippen LogP contribution in [0.2, 0.25) is 0 Å². The van der Waals surface area contributed by atoms with E-state index in [2.05, 4.69) is 17.6 Å². The van der Waals surface area contributed by atoms with Crippen molar-refractivity contribution in [1.82, 2.24) is 5.32 Å². The van der Waals surface area contributed by atoms with Crippen LogP contribution in [-0.2, 0) is 4.74 Å². The standard InChI is InChI=1S/C17H25N3O3/c1-12-5-2-3-8-15(12)23-10-9-19-16(21)13-6-4-7-14(11-13)20-17(18)22/h4,6-7,11-12,15H,2-3,5,8-10H2,1H3,(H,19,21)(H3,18,20,22). The van der Waals surface area contributed by atoms with Gasteiger partial charge in [0, 0.05) is 17.8 Å². The minimum Gasteiger partial charge on any atom is -0.376 e. The summed E-state index contributed by atoms with van der Waals surface area (Å²) in [6, 6.07) is 5.99. The van der Waals surface area contributed by atoms with E-state index in [-0.39, 0.29) is 5.91 Å². The van der Waals surface area contributed by atoms with E-state index in [9.17, 15) is 9.59 Å². The molecule has 1 aliphatic rings. The van der Waals surface area contributed by atoms with E-state index in [0.29, 0.717) is 36.4 Å². The number of hydrogen-bond acceptors (Lipinski definition) is 3. The van der Waals surface area contributed by atoms with Crippen LogP contribution in [0.1, 0.15) is 43.0 Å². The third kappa shape index (κ3) is 5.56. The van der Waals surface area contributed by atoms with Gasteiger partial charge >= 0.3 is 6.03 Å². The Balaban J connectivity index is 1.75. The summed E-state index contributed by atoms with van der Waals surface area (Å²) in [7, 11) is 0. The molecule has 3 amide bonds. The summed E-state index contributed by atoms with van der Waals surface area (Å²) in [5.74, 6) is 0.398. The zero-order valence-electron chi connectivity index (χ0n) is 13.5. The van der Waals surface area contributed by atoms with Crippen LogP contribution >= 0.6 is 0 Å². The highest BCUT2D eigenvalue weighted by Crippen LogP contribution is 2.25. The first-order chi connectivity index (χ1) is 11.1. The molecule has 0 radical (unpaired) electrons. The van der Waals surface area contributed by atoms with Crippen LogP contribution in [0.3, 0.4) is 0 Å². The first kappa shape index (κ1) is 17.3. The third-order valence-corrected chi connectivity index (χ3v) is 4.14. The molecular formula is C17H25N3O3. The maximum absolute atomic E-state index is 12.1. The Labute approximate surface area is 136 Å². The highest BCUT2D eigenvalue weighted by Gasteiger charge is 2.21. The lowest BCUT2D eigenvalue weighted by Crippen LogP contribution is -2.31. The van der Waals surface area contributed by atoms with Crippen molar-refractivity contribution in [2.45, 2.75) is 38.7 Å². The second kappa shape index (κ2) is 8.53. The van der Waals surface area contributed by atoms with Crippen molar-refractivity contribution in [2.24, 2.45) is 11.7 Å². The van der Waals surface area contributed by atoms with Crippen molar-refractivity contribution in [2.75, 3.05) is 18.5 Å². The van der Waals surface area contributed by atoms with Crippen molar-refractivity contribution in [3.63, 3.8) is 0 Å². The minimum absolute atomic E-state index is 0.196. The highest BCUT2D eigenvalue weighted by molar-refractivity contribution is 5.96. The highest BCUT2D eigenvalue weighted by atomic mass is 16.5. The zero-order valence-corrected chi connectivity index (χ0v) is 13.5. The van der Waals surface area contributed by atoms with Gasteiger partial charge in [0.15, 0.2) is 0 Å². The summed E-state index contributed by atoms with van der Waals surface area (Å²) < 4.78 is 5.87. The van der Waals surface area contributed by atoms with Crippen LogP contribution in [0.5, 0.6) is 0 Å². The second-order valence-corrected chi connectivity index (χ2v) is 6.00. The van der Waals surface area contributed by atoms with Crippen LogP contribution in [0, 0.1) is 5.92 Å². The van der Waals surface area contributed by atoms with Crippen molar-refractivity contribution >= 4 is 17.6 Å². The molecule has 0 saturated heterocycles. The lowest BCUT2D eigenvalue weighted by Gasteiger charge is -2.28. The van der Waals surface area contributed by atoms with E-state index in [1.807, 2.05) is 0 Å². The number of nitrogens with two attached hydrogens (primary N) is 1.